The van der Waals surface area contributed by atoms with E-state index < -0.39 is 36.7 Å². The molecule has 0 aromatic heterocycles. The Kier molecular flexibility index (Phi) is 19.9. The predicted octanol–water partition coefficient (Wildman–Crippen LogP) is -2.34. The van der Waals surface area contributed by atoms with Gasteiger partial charge in [0.25, 0.3) is 0 Å². The molecule has 3 rings (SSSR count). The fourth-order valence-corrected chi connectivity index (χ4v) is 3.30. The summed E-state index contributed by atoms with van der Waals surface area (Å²) in [6.45, 7) is 5.05. The summed E-state index contributed by atoms with van der Waals surface area (Å²) in [6, 6.07) is 0. The molecule has 13 nitrogen and oxygen atoms in total. The van der Waals surface area contributed by atoms with Crippen molar-refractivity contribution in [2.24, 2.45) is 0 Å². The average molecular weight is 630 g/mol. The largest absolute Gasteiger partial charge is 2.00 e. The first kappa shape index (κ1) is 36.9. The first-order chi connectivity index (χ1) is 15.6. The van der Waals surface area contributed by atoms with Gasteiger partial charge in [0.2, 0.25) is 0 Å². The van der Waals surface area contributed by atoms with E-state index in [1.165, 1.54) is 0 Å². The minimum atomic E-state index is -1.35. The second kappa shape index (κ2) is 18.9. The fourth-order valence-electron chi connectivity index (χ4n) is 3.30. The molecule has 3 aliphatic rings. The first-order valence-electron chi connectivity index (χ1n) is 9.92. The van der Waals surface area contributed by atoms with Gasteiger partial charge in [-0.25, -0.2) is 0 Å². The van der Waals surface area contributed by atoms with Crippen LogP contribution >= 0.6 is 0 Å². The first-order valence-corrected chi connectivity index (χ1v) is 9.92. The standard InChI is InChI=1S/C12H18O5.C8H12O5.CHO2.Ba.H2O/c1-5-6-14-7-8-9-10(11(13-4)15-8)17-12(2,3)16-9;1-2-3-12-4-5-6(9)7(10)8(11)13-5;2-1-3;;/h1,8-11H,6-7H2,2-4H3;1,5-11H,3-4H2;(H,2,3);;1H2/q;;-1;+2;/p-1/t8?,9-,10-,11-;5?,6-,7-,8-;;;/m11.../s1. The second-order valence-electron chi connectivity index (χ2n) is 7.42. The summed E-state index contributed by atoms with van der Waals surface area (Å²) < 4.78 is 37.4. The molecule has 0 amide bonds. The van der Waals surface area contributed by atoms with Gasteiger partial charge in [0.15, 0.2) is 18.4 Å². The van der Waals surface area contributed by atoms with Crippen LogP contribution in [-0.4, -0.2) is 170 Å². The quantitative estimate of drug-likeness (QED) is 0.101. The van der Waals surface area contributed by atoms with E-state index in [9.17, 15) is 5.11 Å². The van der Waals surface area contributed by atoms with E-state index in [1.54, 1.807) is 7.11 Å². The summed E-state index contributed by atoms with van der Waals surface area (Å²) in [5, 5.41) is 34.1. The van der Waals surface area contributed by atoms with Crippen LogP contribution in [0.15, 0.2) is 0 Å². The predicted molar refractivity (Wildman–Crippen MR) is 118 cm³/mol. The molecular formula is C21H32BaO13. The topological polar surface area (TPSA) is 193 Å². The molecule has 196 valence electrons. The van der Waals surface area contributed by atoms with E-state index in [1.807, 2.05) is 13.8 Å². The number of fused-ring (bicyclic) bond motifs is 1. The maximum absolute atomic E-state index is 9.26. The van der Waals surface area contributed by atoms with Gasteiger partial charge in [-0.05, 0) is 13.8 Å². The molecule has 0 spiro atoms. The summed E-state index contributed by atoms with van der Waals surface area (Å²) in [7, 11) is 1.58. The van der Waals surface area contributed by atoms with Crippen molar-refractivity contribution >= 4 is 55.4 Å². The molecule has 3 aliphatic heterocycles. The van der Waals surface area contributed by atoms with Crippen LogP contribution in [0.5, 0.6) is 0 Å². The molecule has 0 saturated carbocycles. The van der Waals surface area contributed by atoms with Crippen LogP contribution in [0.1, 0.15) is 13.8 Å². The average Bonchev–Trinajstić information content (AvgIpc) is 3.34. The molecule has 3 fully saturated rings. The van der Waals surface area contributed by atoms with Gasteiger partial charge in [-0.15, -0.1) is 12.8 Å². The summed E-state index contributed by atoms with van der Waals surface area (Å²) >= 11 is 0. The van der Waals surface area contributed by atoms with E-state index in [-0.39, 0.29) is 92.5 Å². The van der Waals surface area contributed by atoms with Crippen molar-refractivity contribution in [3.63, 3.8) is 0 Å². The van der Waals surface area contributed by atoms with Crippen LogP contribution in [0, 0.1) is 24.7 Å². The van der Waals surface area contributed by atoms with Gasteiger partial charge in [0.05, 0.1) is 13.2 Å². The van der Waals surface area contributed by atoms with E-state index in [0.29, 0.717) is 13.1 Å². The monoisotopic (exact) mass is 630 g/mol. The van der Waals surface area contributed by atoms with Gasteiger partial charge in [-0.3, -0.25) is 0 Å². The minimum absolute atomic E-state index is 0. The van der Waals surface area contributed by atoms with Gasteiger partial charge in [0, 0.05) is 7.11 Å². The Labute approximate surface area is 244 Å². The zero-order chi connectivity index (χ0) is 25.0. The Hall–Kier alpha value is -0.279. The molecule has 8 atom stereocenters. The van der Waals surface area contributed by atoms with E-state index in [4.69, 9.17) is 66.1 Å². The van der Waals surface area contributed by atoms with Crippen molar-refractivity contribution in [1.29, 1.82) is 0 Å². The molecule has 3 saturated heterocycles. The molecule has 3 heterocycles. The fraction of sp³-hybridized carbons (Fsp3) is 0.762. The smallest absolute Gasteiger partial charge is 0.870 e. The van der Waals surface area contributed by atoms with Gasteiger partial charge in [-0.1, -0.05) is 18.3 Å². The number of hydrogen-bond acceptors (Lipinski definition) is 12. The van der Waals surface area contributed by atoms with Crippen molar-refractivity contribution in [2.75, 3.05) is 33.5 Å². The number of terminal acetylenes is 2. The Bertz CT molecular complexity index is 665. The third kappa shape index (κ3) is 11.8. The zero-order valence-corrected chi connectivity index (χ0v) is 24.3. The van der Waals surface area contributed by atoms with Gasteiger partial charge < -0.3 is 63.9 Å². The minimum Gasteiger partial charge on any atom is -0.870 e. The summed E-state index contributed by atoms with van der Waals surface area (Å²) in [5.41, 5.74) is 0. The number of methoxy groups -OCH3 is 1. The van der Waals surface area contributed by atoms with Crippen molar-refractivity contribution < 1.29 is 63.9 Å². The summed E-state index contributed by atoms with van der Waals surface area (Å²) in [4.78, 5) is 8.24. The number of aliphatic hydroxyl groups is 3. The molecule has 0 aliphatic carbocycles. The Morgan fingerprint density at radius 1 is 0.943 bits per heavy atom. The maximum atomic E-state index is 9.26. The van der Waals surface area contributed by atoms with Gasteiger partial charge in [0.1, 0.15) is 49.8 Å². The van der Waals surface area contributed by atoms with Crippen LogP contribution in [0.2, 0.25) is 0 Å². The molecule has 14 heteroatoms. The molecule has 0 aromatic carbocycles. The van der Waals surface area contributed by atoms with Crippen LogP contribution in [0.25, 0.3) is 0 Å². The molecule has 2 unspecified atom stereocenters. The zero-order valence-electron chi connectivity index (χ0n) is 19.8. The maximum Gasteiger partial charge on any atom is 2.00 e. The Morgan fingerprint density at radius 3 is 1.86 bits per heavy atom. The van der Waals surface area contributed by atoms with E-state index in [2.05, 4.69) is 11.8 Å². The Balaban J connectivity index is 0. The van der Waals surface area contributed by atoms with Gasteiger partial charge >= 0.3 is 48.9 Å². The molecule has 0 aromatic rings. The molecule has 0 radical (unpaired) electrons. The van der Waals surface area contributed by atoms with Crippen LogP contribution in [0.3, 0.4) is 0 Å². The Morgan fingerprint density at radius 2 is 1.43 bits per heavy atom. The normalized spacial score (nSPS) is 33.7. The van der Waals surface area contributed by atoms with Crippen LogP contribution in [-0.2, 0) is 38.0 Å². The number of ether oxygens (including phenoxy) is 7. The van der Waals surface area contributed by atoms with Crippen molar-refractivity contribution in [1.82, 2.24) is 0 Å². The third-order valence-electron chi connectivity index (χ3n) is 4.61. The molecule has 5 N–H and O–H groups in total. The third-order valence-corrected chi connectivity index (χ3v) is 4.61. The second-order valence-corrected chi connectivity index (χ2v) is 7.42. The number of hydrogen-bond donors (Lipinski definition) is 4. The SMILES string of the molecule is C#CCOCC1O[C@@H](O)[C@H](O)[C@@H]1O.C#CCOCC1O[C@@H](OC)[C@@H]2OC(C)(C)O[C@H]12.O=[C-]O.[Ba+2].[OH-]. The van der Waals surface area contributed by atoms with Crippen molar-refractivity contribution in [3.05, 3.63) is 0 Å². The summed E-state index contributed by atoms with van der Waals surface area (Å²) in [5.74, 6) is 4.05. The van der Waals surface area contributed by atoms with Gasteiger partial charge in [-0.2, -0.15) is 0 Å². The number of rotatable bonds is 7. The number of aliphatic hydroxyl groups excluding tert-OH is 4. The van der Waals surface area contributed by atoms with Crippen molar-refractivity contribution in [3.8, 4) is 24.7 Å². The molecule has 0 bridgehead atoms. The van der Waals surface area contributed by atoms with E-state index >= 15 is 0 Å². The molecule has 35 heavy (non-hydrogen) atoms. The van der Waals surface area contributed by atoms with Crippen LogP contribution in [0.4, 0.5) is 0 Å². The van der Waals surface area contributed by atoms with E-state index in [0.717, 1.165) is 0 Å². The molecular weight excluding hydrogens is 598 g/mol. The van der Waals surface area contributed by atoms with Crippen LogP contribution < -0.4 is 0 Å². The summed E-state index contributed by atoms with van der Waals surface area (Å²) in [6.07, 6.45) is 4.55. The van der Waals surface area contributed by atoms with Crippen molar-refractivity contribution in [2.45, 2.75) is 68.8 Å².